The van der Waals surface area contributed by atoms with Crippen molar-refractivity contribution in [2.45, 2.75) is 45.8 Å². The molecule has 1 aliphatic rings. The first-order chi connectivity index (χ1) is 14.1. The van der Waals surface area contributed by atoms with Gasteiger partial charge in [-0.2, -0.15) is 0 Å². The Bertz CT molecular complexity index is 786. The van der Waals surface area contributed by atoms with Crippen molar-refractivity contribution < 1.29 is 14.3 Å². The van der Waals surface area contributed by atoms with Crippen LogP contribution in [0.25, 0.3) is 0 Å². The minimum atomic E-state index is -0.334. The number of rotatable bonds is 10. The first-order valence-electron chi connectivity index (χ1n) is 10.3. The van der Waals surface area contributed by atoms with Crippen molar-refractivity contribution in [3.8, 4) is 5.75 Å². The number of carbonyl (C=O) groups excluding carboxylic acids is 1. The van der Waals surface area contributed by atoms with Crippen molar-refractivity contribution >= 4 is 11.9 Å². The molecule has 8 nitrogen and oxygen atoms in total. The normalized spacial score (nSPS) is 14.6. The molecule has 0 amide bonds. The van der Waals surface area contributed by atoms with Gasteiger partial charge < -0.3 is 14.8 Å². The molecule has 1 saturated heterocycles. The van der Waals surface area contributed by atoms with E-state index >= 15 is 0 Å². The lowest BCUT2D eigenvalue weighted by molar-refractivity contribution is -0.142. The molecule has 0 spiro atoms. The summed E-state index contributed by atoms with van der Waals surface area (Å²) in [5.74, 6) is 1.83. The Morgan fingerprint density at radius 1 is 1.21 bits per heavy atom. The molecule has 0 saturated carbocycles. The smallest absolute Gasteiger partial charge is 0.303 e. The number of carbonyl (C=O) groups is 1. The Hall–Kier alpha value is -2.61. The average molecular weight is 402 g/mol. The zero-order chi connectivity index (χ0) is 20.5. The predicted octanol–water partition coefficient (Wildman–Crippen LogP) is 2.75. The monoisotopic (exact) mass is 401 g/mol. The van der Waals surface area contributed by atoms with E-state index < -0.39 is 0 Å². The lowest BCUT2D eigenvalue weighted by atomic mass is 10.1. The van der Waals surface area contributed by atoms with Crippen molar-refractivity contribution in [1.29, 1.82) is 0 Å². The Balaban J connectivity index is 1.37. The first kappa shape index (κ1) is 21.1. The molecule has 1 aliphatic heterocycles. The van der Waals surface area contributed by atoms with Gasteiger partial charge in [0.15, 0.2) is 12.4 Å². The van der Waals surface area contributed by atoms with E-state index in [0.717, 1.165) is 18.7 Å². The second kappa shape index (κ2) is 10.8. The first-order valence-corrected chi connectivity index (χ1v) is 10.3. The van der Waals surface area contributed by atoms with Crippen LogP contribution in [0.4, 0.5) is 5.95 Å². The molecular weight excluding hydrogens is 370 g/mol. The highest BCUT2D eigenvalue weighted by molar-refractivity contribution is 5.65. The van der Waals surface area contributed by atoms with E-state index in [-0.39, 0.29) is 12.6 Å². The van der Waals surface area contributed by atoms with Crippen LogP contribution in [0.2, 0.25) is 0 Å². The number of nitrogens with one attached hydrogen (secondary N) is 1. The minimum Gasteiger partial charge on any atom is -0.494 e. The Kier molecular flexibility index (Phi) is 7.86. The molecule has 1 fully saturated rings. The van der Waals surface area contributed by atoms with Crippen LogP contribution in [-0.2, 0) is 29.7 Å². The van der Waals surface area contributed by atoms with Crippen LogP contribution in [0.1, 0.15) is 44.0 Å². The van der Waals surface area contributed by atoms with Gasteiger partial charge in [0.2, 0.25) is 5.95 Å². The van der Waals surface area contributed by atoms with E-state index in [9.17, 15) is 4.79 Å². The molecule has 2 heterocycles. The van der Waals surface area contributed by atoms with Crippen LogP contribution in [0.3, 0.4) is 0 Å². The number of benzene rings is 1. The summed E-state index contributed by atoms with van der Waals surface area (Å²) in [4.78, 5) is 13.4. The Morgan fingerprint density at radius 2 is 2.03 bits per heavy atom. The van der Waals surface area contributed by atoms with Gasteiger partial charge in [0.05, 0.1) is 6.61 Å². The standard InChI is InChI=1S/C21H31N5O3/c1-17(27)29-16-20-23-24-21(25(20)2)22-10-7-13-28-19-9-6-8-18(14-19)15-26-11-4-3-5-12-26/h6,8-9,14H,3-5,7,10-13,15-16H2,1-2H3,(H,22,24). The van der Waals surface area contributed by atoms with Crippen LogP contribution < -0.4 is 10.1 Å². The lowest BCUT2D eigenvalue weighted by Gasteiger charge is -2.26. The van der Waals surface area contributed by atoms with Crippen LogP contribution in [0.5, 0.6) is 5.75 Å². The zero-order valence-corrected chi connectivity index (χ0v) is 17.4. The van der Waals surface area contributed by atoms with E-state index in [1.807, 2.05) is 13.1 Å². The molecule has 0 radical (unpaired) electrons. The van der Waals surface area contributed by atoms with Gasteiger partial charge >= 0.3 is 5.97 Å². The highest BCUT2D eigenvalue weighted by Gasteiger charge is 2.11. The highest BCUT2D eigenvalue weighted by Crippen LogP contribution is 2.17. The Labute approximate surface area is 172 Å². The van der Waals surface area contributed by atoms with Crippen LogP contribution in [-0.4, -0.2) is 51.9 Å². The molecule has 0 unspecified atom stereocenters. The fraction of sp³-hybridized carbons (Fsp3) is 0.571. The van der Waals surface area contributed by atoms with E-state index in [0.29, 0.717) is 24.9 Å². The van der Waals surface area contributed by atoms with Crippen molar-refractivity contribution in [2.24, 2.45) is 7.05 Å². The topological polar surface area (TPSA) is 81.5 Å². The second-order valence-electron chi connectivity index (χ2n) is 7.39. The minimum absolute atomic E-state index is 0.122. The quantitative estimate of drug-likeness (QED) is 0.484. The third kappa shape index (κ3) is 6.74. The summed E-state index contributed by atoms with van der Waals surface area (Å²) in [6, 6.07) is 8.39. The van der Waals surface area contributed by atoms with Gasteiger partial charge in [0, 0.05) is 27.1 Å². The summed E-state index contributed by atoms with van der Waals surface area (Å²) in [6.45, 7) is 6.23. The van der Waals surface area contributed by atoms with Gasteiger partial charge in [0.1, 0.15) is 5.75 Å². The molecule has 3 rings (SSSR count). The summed E-state index contributed by atoms with van der Waals surface area (Å²) in [5.41, 5.74) is 1.31. The number of hydrogen-bond acceptors (Lipinski definition) is 7. The molecule has 158 valence electrons. The maximum atomic E-state index is 10.9. The molecule has 2 aromatic rings. The molecule has 1 N–H and O–H groups in total. The van der Waals surface area contributed by atoms with Crippen molar-refractivity contribution in [3.63, 3.8) is 0 Å². The van der Waals surface area contributed by atoms with Crippen molar-refractivity contribution in [2.75, 3.05) is 31.6 Å². The van der Waals surface area contributed by atoms with Gasteiger partial charge in [-0.05, 0) is 50.0 Å². The summed E-state index contributed by atoms with van der Waals surface area (Å²) in [6.07, 6.45) is 4.80. The third-order valence-electron chi connectivity index (χ3n) is 5.00. The second-order valence-corrected chi connectivity index (χ2v) is 7.39. The number of anilines is 1. The lowest BCUT2D eigenvalue weighted by Crippen LogP contribution is -2.29. The number of hydrogen-bond donors (Lipinski definition) is 1. The van der Waals surface area contributed by atoms with Crippen molar-refractivity contribution in [3.05, 3.63) is 35.7 Å². The van der Waals surface area contributed by atoms with E-state index in [1.165, 1.54) is 44.8 Å². The van der Waals surface area contributed by atoms with Gasteiger partial charge in [-0.3, -0.25) is 14.3 Å². The summed E-state index contributed by atoms with van der Waals surface area (Å²) in [5, 5.41) is 11.3. The zero-order valence-electron chi connectivity index (χ0n) is 17.4. The number of piperidine rings is 1. The number of nitrogens with zero attached hydrogens (tertiary/aromatic N) is 4. The molecule has 0 atom stereocenters. The molecule has 1 aromatic heterocycles. The van der Waals surface area contributed by atoms with Crippen LogP contribution in [0.15, 0.2) is 24.3 Å². The van der Waals surface area contributed by atoms with E-state index in [4.69, 9.17) is 9.47 Å². The maximum absolute atomic E-state index is 10.9. The summed E-state index contributed by atoms with van der Waals surface area (Å²) < 4.78 is 12.7. The number of likely N-dealkylation sites (tertiary alicyclic amines) is 1. The molecule has 0 bridgehead atoms. The van der Waals surface area contributed by atoms with Crippen molar-refractivity contribution in [1.82, 2.24) is 19.7 Å². The SMILES string of the molecule is CC(=O)OCc1nnc(NCCCOc2cccc(CN3CCCCC3)c2)n1C. The fourth-order valence-corrected chi connectivity index (χ4v) is 3.38. The number of ether oxygens (including phenoxy) is 2. The largest absolute Gasteiger partial charge is 0.494 e. The predicted molar refractivity (Wildman–Crippen MR) is 111 cm³/mol. The van der Waals surface area contributed by atoms with Crippen LogP contribution >= 0.6 is 0 Å². The molecule has 8 heteroatoms. The molecule has 0 aliphatic carbocycles. The van der Waals surface area contributed by atoms with Crippen LogP contribution in [0, 0.1) is 0 Å². The fourth-order valence-electron chi connectivity index (χ4n) is 3.38. The maximum Gasteiger partial charge on any atom is 0.303 e. The van der Waals surface area contributed by atoms with E-state index in [2.05, 4.69) is 38.6 Å². The summed E-state index contributed by atoms with van der Waals surface area (Å²) >= 11 is 0. The highest BCUT2D eigenvalue weighted by atomic mass is 16.5. The summed E-state index contributed by atoms with van der Waals surface area (Å²) in [7, 11) is 1.84. The van der Waals surface area contributed by atoms with Gasteiger partial charge in [-0.1, -0.05) is 18.6 Å². The van der Waals surface area contributed by atoms with Gasteiger partial charge in [0.25, 0.3) is 0 Å². The van der Waals surface area contributed by atoms with Gasteiger partial charge in [-0.25, -0.2) is 0 Å². The number of esters is 1. The van der Waals surface area contributed by atoms with Gasteiger partial charge in [-0.15, -0.1) is 10.2 Å². The average Bonchev–Trinajstić information content (AvgIpc) is 3.07. The molecular formula is C21H31N5O3. The molecule has 29 heavy (non-hydrogen) atoms. The van der Waals surface area contributed by atoms with E-state index in [1.54, 1.807) is 4.57 Å². The Morgan fingerprint density at radius 3 is 2.83 bits per heavy atom. The number of aromatic nitrogens is 3. The molecule has 1 aromatic carbocycles. The third-order valence-corrected chi connectivity index (χ3v) is 5.00.